The zero-order chi connectivity index (χ0) is 37.6. The van der Waals surface area contributed by atoms with Gasteiger partial charge in [-0.25, -0.2) is 4.79 Å². The van der Waals surface area contributed by atoms with Crippen molar-refractivity contribution in [2.45, 2.75) is 52.1 Å². The molecule has 268 valence electrons. The van der Waals surface area contributed by atoms with Crippen molar-refractivity contribution in [3.8, 4) is 17.0 Å². The van der Waals surface area contributed by atoms with Gasteiger partial charge in [0.1, 0.15) is 0 Å². The lowest BCUT2D eigenvalue weighted by atomic mass is 9.99. The smallest absolute Gasteiger partial charge is 0.416 e. The first-order valence-corrected chi connectivity index (χ1v) is 16.3. The van der Waals surface area contributed by atoms with Gasteiger partial charge in [-0.15, -0.1) is 0 Å². The molecule has 0 unspecified atom stereocenters. The average Bonchev–Trinajstić information content (AvgIpc) is 3.08. The molecule has 1 heterocycles. The molecule has 0 fully saturated rings. The van der Waals surface area contributed by atoms with Gasteiger partial charge in [0.15, 0.2) is 5.75 Å². The molecule has 4 aromatic rings. The molecule has 0 saturated carbocycles. The molecule has 9 nitrogen and oxygen atoms in total. The molecule has 13 heteroatoms. The molecule has 1 aromatic heterocycles. The highest BCUT2D eigenvalue weighted by molar-refractivity contribution is 6.32. The van der Waals surface area contributed by atoms with Crippen LogP contribution in [0, 0.1) is 6.92 Å². The van der Waals surface area contributed by atoms with Gasteiger partial charge in [-0.3, -0.25) is 19.4 Å². The minimum atomic E-state index is -4.52. The maximum atomic E-state index is 13.6. The maximum absolute atomic E-state index is 13.6. The predicted molar refractivity (Wildman–Crippen MR) is 187 cm³/mol. The van der Waals surface area contributed by atoms with E-state index in [2.05, 4.69) is 10.3 Å². The zero-order valence-electron chi connectivity index (χ0n) is 28.9. The van der Waals surface area contributed by atoms with Crippen molar-refractivity contribution in [2.24, 2.45) is 0 Å². The lowest BCUT2D eigenvalue weighted by Crippen LogP contribution is -2.24. The van der Waals surface area contributed by atoms with Gasteiger partial charge >= 0.3 is 18.1 Å². The molecule has 3 aromatic carbocycles. The van der Waals surface area contributed by atoms with Crippen LogP contribution in [-0.4, -0.2) is 54.8 Å². The van der Waals surface area contributed by atoms with Crippen LogP contribution in [-0.2, 0) is 22.1 Å². The molecule has 2 amide bonds. The van der Waals surface area contributed by atoms with Gasteiger partial charge in [0, 0.05) is 31.8 Å². The first-order valence-electron chi connectivity index (χ1n) is 15.9. The molecule has 1 N–H and O–H groups in total. The number of nitrogens with one attached hydrogen (secondary N) is 1. The van der Waals surface area contributed by atoms with Crippen molar-refractivity contribution in [2.75, 3.05) is 26.5 Å². The molecule has 0 aliphatic heterocycles. The van der Waals surface area contributed by atoms with Crippen LogP contribution < -0.4 is 10.1 Å². The van der Waals surface area contributed by atoms with E-state index in [1.165, 1.54) is 36.3 Å². The minimum Gasteiger partial charge on any atom is -0.465 e. The first-order chi connectivity index (χ1) is 24.0. The number of hydrogen-bond donors (Lipinski definition) is 1. The third kappa shape index (κ3) is 9.52. The minimum absolute atomic E-state index is 0.0230. The van der Waals surface area contributed by atoms with E-state index in [-0.39, 0.29) is 57.1 Å². The molecule has 0 atom stereocenters. The number of ether oxygens (including phenoxy) is 2. The number of pyridine rings is 1. The number of methoxy groups -OCH3 is 1. The number of rotatable bonds is 11. The monoisotopic (exact) mass is 723 g/mol. The van der Waals surface area contributed by atoms with Crippen LogP contribution in [0.2, 0.25) is 5.02 Å². The maximum Gasteiger partial charge on any atom is 0.416 e. The van der Waals surface area contributed by atoms with Gasteiger partial charge in [0.05, 0.1) is 45.8 Å². The highest BCUT2D eigenvalue weighted by Crippen LogP contribution is 2.36. The third-order valence-corrected chi connectivity index (χ3v) is 8.19. The Morgan fingerprint density at radius 3 is 2.24 bits per heavy atom. The second-order valence-electron chi connectivity index (χ2n) is 12.3. The van der Waals surface area contributed by atoms with E-state index in [0.717, 1.165) is 17.7 Å². The normalized spacial score (nSPS) is 11.3. The van der Waals surface area contributed by atoms with E-state index in [9.17, 15) is 32.3 Å². The Labute approximate surface area is 298 Å². The number of carbonyl (C=O) groups is 4. The van der Waals surface area contributed by atoms with Crippen molar-refractivity contribution < 1.29 is 41.8 Å². The first kappa shape index (κ1) is 38.6. The molecule has 0 radical (unpaired) electrons. The van der Waals surface area contributed by atoms with Crippen LogP contribution in [0.3, 0.4) is 0 Å². The number of halogens is 4. The number of aromatic nitrogens is 1. The molecule has 4 rings (SSSR count). The van der Waals surface area contributed by atoms with E-state index in [4.69, 9.17) is 21.1 Å². The lowest BCUT2D eigenvalue weighted by Gasteiger charge is -2.17. The van der Waals surface area contributed by atoms with Crippen LogP contribution in [0.4, 0.5) is 18.9 Å². The molecule has 0 bridgehead atoms. The Bertz CT molecular complexity index is 1960. The SMILES string of the molecule is COC(=O)c1cc(Cl)c(OC(=O)CCCc2ccc(NC(=O)c3ccc(C)nc3-c3ccc(C(F)(F)F)cc3)c(C(=O)N(C)C)c2)c(C(C)C)c1. The summed E-state index contributed by atoms with van der Waals surface area (Å²) >= 11 is 6.39. The Kier molecular flexibility index (Phi) is 12.2. The summed E-state index contributed by atoms with van der Waals surface area (Å²) in [4.78, 5) is 57.5. The quantitative estimate of drug-likeness (QED) is 0.122. The standard InChI is InChI=1S/C38H37ClF3N3O6/c1-21(2)28-19-25(37(49)50-6)20-30(39)34(28)51-32(46)9-7-8-23-11-17-31(29(18-23)36(48)45(4)5)44-35(47)27-16-10-22(3)43-33(27)24-12-14-26(15-13-24)38(40,41)42/h10-21H,7-9H2,1-6H3,(H,44,47). The summed E-state index contributed by atoms with van der Waals surface area (Å²) in [6, 6.07) is 15.4. The van der Waals surface area contributed by atoms with Crippen molar-refractivity contribution in [3.05, 3.63) is 111 Å². The van der Waals surface area contributed by atoms with Crippen LogP contribution in [0.5, 0.6) is 5.75 Å². The number of aryl methyl sites for hydroxylation is 2. The number of carbonyl (C=O) groups excluding carboxylic acids is 4. The van der Waals surface area contributed by atoms with Gasteiger partial charge < -0.3 is 19.7 Å². The largest absolute Gasteiger partial charge is 0.465 e. The summed E-state index contributed by atoms with van der Waals surface area (Å²) in [7, 11) is 4.39. The second-order valence-corrected chi connectivity index (χ2v) is 12.7. The molecular weight excluding hydrogens is 687 g/mol. The number of esters is 2. The fourth-order valence-corrected chi connectivity index (χ4v) is 5.49. The Hall–Kier alpha value is -5.23. The van der Waals surface area contributed by atoms with E-state index in [0.29, 0.717) is 29.7 Å². The van der Waals surface area contributed by atoms with Crippen LogP contribution in [0.15, 0.2) is 66.7 Å². The van der Waals surface area contributed by atoms with Crippen molar-refractivity contribution in [3.63, 3.8) is 0 Å². The van der Waals surface area contributed by atoms with Gasteiger partial charge in [-0.05, 0) is 85.3 Å². The highest BCUT2D eigenvalue weighted by Gasteiger charge is 2.30. The van der Waals surface area contributed by atoms with Gasteiger partial charge in [0.25, 0.3) is 11.8 Å². The topological polar surface area (TPSA) is 115 Å². The van der Waals surface area contributed by atoms with Gasteiger partial charge in [-0.1, -0.05) is 43.6 Å². The number of alkyl halides is 3. The van der Waals surface area contributed by atoms with Crippen LogP contribution in [0.1, 0.15) is 86.1 Å². The van der Waals surface area contributed by atoms with E-state index in [1.54, 1.807) is 51.4 Å². The van der Waals surface area contributed by atoms with Gasteiger partial charge in [-0.2, -0.15) is 13.2 Å². The van der Waals surface area contributed by atoms with Crippen molar-refractivity contribution in [1.29, 1.82) is 0 Å². The fourth-order valence-electron chi connectivity index (χ4n) is 5.23. The number of amides is 2. The molecule has 0 aliphatic carbocycles. The van der Waals surface area contributed by atoms with Crippen LogP contribution in [0.25, 0.3) is 11.3 Å². The van der Waals surface area contributed by atoms with E-state index < -0.39 is 29.6 Å². The van der Waals surface area contributed by atoms with Crippen molar-refractivity contribution in [1.82, 2.24) is 9.88 Å². The summed E-state index contributed by atoms with van der Waals surface area (Å²) in [5.74, 6) is -2.03. The molecule has 51 heavy (non-hydrogen) atoms. The zero-order valence-corrected chi connectivity index (χ0v) is 29.7. The molecule has 0 saturated heterocycles. The molecule has 0 aliphatic rings. The van der Waals surface area contributed by atoms with E-state index >= 15 is 0 Å². The third-order valence-electron chi connectivity index (χ3n) is 7.91. The molecule has 0 spiro atoms. The number of nitrogens with zero attached hydrogens (tertiary/aromatic N) is 2. The van der Waals surface area contributed by atoms with Crippen LogP contribution >= 0.6 is 11.6 Å². The second kappa shape index (κ2) is 16.2. The summed E-state index contributed by atoms with van der Waals surface area (Å²) in [5.41, 5.74) is 2.28. The summed E-state index contributed by atoms with van der Waals surface area (Å²) in [5, 5.41) is 2.87. The fraction of sp³-hybridized carbons (Fsp3) is 0.289. The summed E-state index contributed by atoms with van der Waals surface area (Å²) in [6.45, 7) is 5.45. The Balaban J connectivity index is 1.51. The Morgan fingerprint density at radius 2 is 1.63 bits per heavy atom. The molecular formula is C38H37ClF3N3O6. The number of anilines is 1. The summed E-state index contributed by atoms with van der Waals surface area (Å²) < 4.78 is 49.9. The van der Waals surface area contributed by atoms with Gasteiger partial charge in [0.2, 0.25) is 0 Å². The highest BCUT2D eigenvalue weighted by atomic mass is 35.5. The number of benzene rings is 3. The van der Waals surface area contributed by atoms with E-state index in [1.807, 2.05) is 13.8 Å². The predicted octanol–water partition coefficient (Wildman–Crippen LogP) is 8.52. The Morgan fingerprint density at radius 1 is 0.941 bits per heavy atom. The number of hydrogen-bond acceptors (Lipinski definition) is 7. The average molecular weight is 724 g/mol. The summed E-state index contributed by atoms with van der Waals surface area (Å²) in [6.07, 6.45) is -3.74. The van der Waals surface area contributed by atoms with Crippen molar-refractivity contribution >= 4 is 41.0 Å². The lowest BCUT2D eigenvalue weighted by molar-refractivity contribution is -0.137.